The van der Waals surface area contributed by atoms with Gasteiger partial charge in [0.15, 0.2) is 0 Å². The highest BCUT2D eigenvalue weighted by Gasteiger charge is 2.25. The maximum atomic E-state index is 12.6. The molecule has 0 amide bonds. The molecule has 4 aromatic carbocycles. The van der Waals surface area contributed by atoms with E-state index < -0.39 is 17.9 Å². The summed E-state index contributed by atoms with van der Waals surface area (Å²) in [6, 6.07) is 18.8. The summed E-state index contributed by atoms with van der Waals surface area (Å²) in [6.45, 7) is 27.2. The van der Waals surface area contributed by atoms with Crippen molar-refractivity contribution in [1.29, 1.82) is 0 Å². The van der Waals surface area contributed by atoms with Crippen LogP contribution >= 0.6 is 0 Å². The van der Waals surface area contributed by atoms with Crippen LogP contribution < -0.4 is 18.9 Å². The molecule has 11 nitrogen and oxygen atoms in total. The Hall–Kier alpha value is -6.33. The normalized spacial score (nSPS) is 11.9. The molecule has 0 saturated carbocycles. The number of unbranched alkanes of at least 4 members (excludes halogenated alkanes) is 12. The Bertz CT molecular complexity index is 2670. The molecule has 0 unspecified atom stereocenters. The van der Waals surface area contributed by atoms with Gasteiger partial charge < -0.3 is 38.3 Å². The quantitative estimate of drug-likeness (QED) is 0.0173. The highest BCUT2D eigenvalue weighted by atomic mass is 16.5. The van der Waals surface area contributed by atoms with E-state index in [9.17, 15) is 19.5 Å². The van der Waals surface area contributed by atoms with Gasteiger partial charge in [-0.3, -0.25) is 0 Å². The number of ether oxygens (including phenoxy) is 7. The fourth-order valence-corrected chi connectivity index (χ4v) is 11.3. The first-order chi connectivity index (χ1) is 42.2. The summed E-state index contributed by atoms with van der Waals surface area (Å²) in [4.78, 5) is 37.7. The van der Waals surface area contributed by atoms with Gasteiger partial charge in [-0.25, -0.2) is 14.4 Å². The van der Waals surface area contributed by atoms with Gasteiger partial charge in [-0.1, -0.05) is 173 Å². The number of aliphatic hydroxyl groups is 1. The summed E-state index contributed by atoms with van der Waals surface area (Å²) < 4.78 is 45.2. The Morgan fingerprint density at radius 2 is 0.552 bits per heavy atom. The zero-order valence-corrected chi connectivity index (χ0v) is 54.7. The molecule has 11 heteroatoms. The smallest absolute Gasteiger partial charge is 0.333 e. The van der Waals surface area contributed by atoms with E-state index in [-0.39, 0.29) is 26.4 Å². The van der Waals surface area contributed by atoms with Crippen molar-refractivity contribution >= 4 is 17.9 Å². The van der Waals surface area contributed by atoms with Crippen LogP contribution in [0.2, 0.25) is 0 Å². The molecule has 1 aliphatic carbocycles. The summed E-state index contributed by atoms with van der Waals surface area (Å²) in [7, 11) is 0. The number of fused-ring (bicyclic) bond motifs is 8. The van der Waals surface area contributed by atoms with Crippen LogP contribution in [-0.4, -0.2) is 75.9 Å². The van der Waals surface area contributed by atoms with Crippen molar-refractivity contribution in [3.05, 3.63) is 152 Å². The third-order valence-corrected chi connectivity index (χ3v) is 15.9. The van der Waals surface area contributed by atoms with Crippen LogP contribution in [0.5, 0.6) is 23.0 Å². The second kappa shape index (κ2) is 40.3. The molecule has 1 aliphatic rings. The van der Waals surface area contributed by atoms with Crippen LogP contribution in [0.25, 0.3) is 0 Å². The lowest BCUT2D eigenvalue weighted by atomic mass is 9.87. The van der Waals surface area contributed by atoms with E-state index in [0.29, 0.717) is 94.5 Å². The number of hydrogen-bond donors (Lipinski definition) is 1. The molecule has 0 fully saturated rings. The minimum atomic E-state index is -0.422. The Kier molecular flexibility index (Phi) is 33.1. The first kappa shape index (κ1) is 71.4. The molecule has 4 aromatic rings. The van der Waals surface area contributed by atoms with Crippen LogP contribution in [0.4, 0.5) is 0 Å². The van der Waals surface area contributed by atoms with Gasteiger partial charge in [0.2, 0.25) is 0 Å². The number of benzene rings is 4. The predicted molar refractivity (Wildman–Crippen MR) is 353 cm³/mol. The van der Waals surface area contributed by atoms with Gasteiger partial charge in [0, 0.05) is 74.7 Å². The summed E-state index contributed by atoms with van der Waals surface area (Å²) in [5, 5.41) is 10.2. The largest absolute Gasteiger partial charge is 0.493 e. The van der Waals surface area contributed by atoms with E-state index in [0.717, 1.165) is 177 Å². The van der Waals surface area contributed by atoms with Crippen molar-refractivity contribution < 1.29 is 52.6 Å². The summed E-state index contributed by atoms with van der Waals surface area (Å²) in [5.41, 5.74) is 14.4. The summed E-state index contributed by atoms with van der Waals surface area (Å²) in [6.07, 6.45) is 25.5. The third-order valence-electron chi connectivity index (χ3n) is 15.9. The molecule has 8 bridgehead atoms. The first-order valence-electron chi connectivity index (χ1n) is 33.4. The lowest BCUT2D eigenvalue weighted by Crippen LogP contribution is -2.14. The molecule has 0 radical (unpaired) electrons. The number of aliphatic hydroxyl groups excluding tert-OH is 1. The molecule has 5 rings (SSSR count). The second-order valence-corrected chi connectivity index (χ2v) is 24.2. The van der Waals surface area contributed by atoms with E-state index in [2.05, 4.69) is 96.0 Å². The molecule has 0 saturated heterocycles. The van der Waals surface area contributed by atoms with Crippen molar-refractivity contribution in [2.45, 2.75) is 228 Å². The average molecular weight is 1200 g/mol. The van der Waals surface area contributed by atoms with Crippen molar-refractivity contribution in [1.82, 2.24) is 0 Å². The number of carbonyl (C=O) groups is 3. The Balaban J connectivity index is 1.90. The summed E-state index contributed by atoms with van der Waals surface area (Å²) >= 11 is 0. The minimum absolute atomic E-state index is 0.00114. The van der Waals surface area contributed by atoms with E-state index in [4.69, 9.17) is 33.2 Å². The van der Waals surface area contributed by atoms with Crippen LogP contribution in [-0.2, 0) is 80.0 Å². The van der Waals surface area contributed by atoms with Gasteiger partial charge in [0.05, 0.1) is 46.2 Å². The second-order valence-electron chi connectivity index (χ2n) is 24.2. The van der Waals surface area contributed by atoms with E-state index in [1.54, 1.807) is 20.8 Å². The third kappa shape index (κ3) is 25.0. The molecule has 0 spiro atoms. The maximum absolute atomic E-state index is 12.6. The van der Waals surface area contributed by atoms with Crippen LogP contribution in [0.3, 0.4) is 0 Å². The molecular formula is C76H108O11. The predicted octanol–water partition coefficient (Wildman–Crippen LogP) is 17.3. The molecule has 0 atom stereocenters. The van der Waals surface area contributed by atoms with Crippen molar-refractivity contribution in [3.8, 4) is 23.0 Å². The molecule has 0 heterocycles. The zero-order chi connectivity index (χ0) is 62.8. The number of aryl methyl sites for hydroxylation is 4. The fourth-order valence-electron chi connectivity index (χ4n) is 11.3. The monoisotopic (exact) mass is 1200 g/mol. The van der Waals surface area contributed by atoms with E-state index >= 15 is 0 Å². The minimum Gasteiger partial charge on any atom is -0.493 e. The molecule has 87 heavy (non-hydrogen) atoms. The van der Waals surface area contributed by atoms with Gasteiger partial charge in [0.25, 0.3) is 0 Å². The van der Waals surface area contributed by atoms with Gasteiger partial charge in [-0.15, -0.1) is 0 Å². The van der Waals surface area contributed by atoms with Gasteiger partial charge in [0.1, 0.15) is 23.0 Å². The highest BCUT2D eigenvalue weighted by Crippen LogP contribution is 2.42. The number of hydrogen-bond acceptors (Lipinski definition) is 11. The van der Waals surface area contributed by atoms with Gasteiger partial charge in [-0.05, 0) is 139 Å². The Morgan fingerprint density at radius 1 is 0.333 bits per heavy atom. The SMILES string of the molecule is C=C(C)C(=O)OCCCOc1c2cc(CCCCCC)cc1Cc1cc(CCCCCC)cc(c1OCCCOC(=O)C(=C)C)Cc1cc(CCCCCC)cc(c1OCCCOC(=O)C(=C)C)Cc1cc(CCCCCC)cc(c1OCCCO)C2. The zero-order valence-electron chi connectivity index (χ0n) is 54.7. The van der Waals surface area contributed by atoms with E-state index in [1.165, 1.54) is 41.5 Å². The standard InChI is InChI=1S/C76H108O11/c1-11-15-19-23-31-58-43-62-51-64-45-59(32-24-20-16-12-2)47-66(71(64)82-37-28-40-85-74(78)55(5)6)53-68-49-61(34-26-22-18-14-4)50-69(73(68)84-39-30-42-87-76(80)57(9)10)54-67-48-60(33-25-21-17-13-3)46-65(52-63(44-58)70(62)81-36-27-35-77)72(67)83-38-29-41-86-75(79)56(7)8/h43-50,77H,5,7,9,11-42,51-54H2,1-4,6,8,10H3. The first-order valence-corrected chi connectivity index (χ1v) is 33.4. The lowest BCUT2D eigenvalue weighted by molar-refractivity contribution is -0.140. The van der Waals surface area contributed by atoms with Crippen molar-refractivity contribution in [2.75, 3.05) is 52.9 Å². The highest BCUT2D eigenvalue weighted by molar-refractivity contribution is 5.87. The Morgan fingerprint density at radius 3 is 0.747 bits per heavy atom. The van der Waals surface area contributed by atoms with E-state index in [1.807, 2.05) is 0 Å². The van der Waals surface area contributed by atoms with Gasteiger partial charge >= 0.3 is 17.9 Å². The number of esters is 3. The number of rotatable bonds is 42. The lowest BCUT2D eigenvalue weighted by Gasteiger charge is -2.25. The number of carbonyl (C=O) groups excluding carboxylic acids is 3. The van der Waals surface area contributed by atoms with Crippen LogP contribution in [0, 0.1) is 0 Å². The maximum Gasteiger partial charge on any atom is 0.333 e. The Labute approximate surface area is 524 Å². The van der Waals surface area contributed by atoms with Crippen LogP contribution in [0.1, 0.15) is 244 Å². The molecule has 478 valence electrons. The topological polar surface area (TPSA) is 136 Å². The molecule has 0 aliphatic heterocycles. The van der Waals surface area contributed by atoms with Crippen molar-refractivity contribution in [2.24, 2.45) is 0 Å². The molecular weight excluding hydrogens is 1090 g/mol. The molecule has 0 aromatic heterocycles. The van der Waals surface area contributed by atoms with Crippen molar-refractivity contribution in [3.63, 3.8) is 0 Å². The fraction of sp³-hybridized carbons (Fsp3) is 0.566. The van der Waals surface area contributed by atoms with Crippen LogP contribution in [0.15, 0.2) is 85.0 Å². The average Bonchev–Trinajstić information content (AvgIpc) is 1.64. The van der Waals surface area contributed by atoms with Gasteiger partial charge in [-0.2, -0.15) is 0 Å². The summed E-state index contributed by atoms with van der Waals surface area (Å²) in [5.74, 6) is 1.96. The molecule has 1 N–H and O–H groups in total.